The Hall–Kier alpha value is -6.64. The molecule has 9 aromatic rings. The second-order valence-electron chi connectivity index (χ2n) is 14.6. The topological polar surface area (TPSA) is 6.48 Å². The first-order valence-electron chi connectivity index (χ1n) is 18.4. The second-order valence-corrected chi connectivity index (χ2v) is 14.6. The first kappa shape index (κ1) is 31.1. The third-order valence-corrected chi connectivity index (χ3v) is 11.2. The highest BCUT2D eigenvalue weighted by Gasteiger charge is 2.39. The Balaban J connectivity index is 1.17. The number of fused-ring (bicyclic) bond motifs is 9. The molecule has 0 aliphatic carbocycles. The predicted molar refractivity (Wildman–Crippen MR) is 226 cm³/mol. The summed E-state index contributed by atoms with van der Waals surface area (Å²) < 4.78 is 0. The van der Waals surface area contributed by atoms with Crippen LogP contribution < -0.4 is 9.80 Å². The van der Waals surface area contributed by atoms with Gasteiger partial charge in [0.25, 0.3) is 0 Å². The molecular formula is C51H38N2. The molecule has 2 nitrogen and oxygen atoms in total. The van der Waals surface area contributed by atoms with Gasteiger partial charge in [-0.25, -0.2) is 0 Å². The fourth-order valence-corrected chi connectivity index (χ4v) is 8.74. The number of benzene rings is 9. The molecule has 0 saturated heterocycles. The summed E-state index contributed by atoms with van der Waals surface area (Å²) in [4.78, 5) is 4.79. The van der Waals surface area contributed by atoms with Crippen molar-refractivity contribution >= 4 is 66.4 Å². The number of rotatable bonds is 5. The Morgan fingerprint density at radius 2 is 0.849 bits per heavy atom. The maximum Gasteiger partial charge on any atom is 0.0509 e. The van der Waals surface area contributed by atoms with E-state index in [9.17, 15) is 0 Å². The normalized spacial score (nSPS) is 13.2. The summed E-state index contributed by atoms with van der Waals surface area (Å²) in [6.07, 6.45) is 0. The van der Waals surface area contributed by atoms with Gasteiger partial charge in [-0.1, -0.05) is 141 Å². The van der Waals surface area contributed by atoms with Gasteiger partial charge in [0, 0.05) is 28.2 Å². The van der Waals surface area contributed by atoms with Gasteiger partial charge in [0.1, 0.15) is 0 Å². The van der Waals surface area contributed by atoms with E-state index in [1.54, 1.807) is 0 Å². The Labute approximate surface area is 310 Å². The number of hydrogen-bond acceptors (Lipinski definition) is 2. The quantitative estimate of drug-likeness (QED) is 0.167. The zero-order chi connectivity index (χ0) is 35.5. The highest BCUT2D eigenvalue weighted by atomic mass is 15.2. The predicted octanol–water partition coefficient (Wildman–Crippen LogP) is 14.4. The van der Waals surface area contributed by atoms with E-state index in [0.717, 1.165) is 22.7 Å². The van der Waals surface area contributed by atoms with E-state index in [-0.39, 0.29) is 5.41 Å². The van der Waals surface area contributed by atoms with Crippen LogP contribution in [0.4, 0.5) is 34.1 Å². The van der Waals surface area contributed by atoms with Crippen LogP contribution in [-0.2, 0) is 5.41 Å². The molecule has 0 bridgehead atoms. The molecule has 10 rings (SSSR count). The number of anilines is 6. The highest BCUT2D eigenvalue weighted by Crippen LogP contribution is 2.56. The molecule has 0 aromatic heterocycles. The zero-order valence-electron chi connectivity index (χ0n) is 29.9. The third-order valence-electron chi connectivity index (χ3n) is 11.2. The Morgan fingerprint density at radius 1 is 0.396 bits per heavy atom. The number of nitrogens with zero attached hydrogens (tertiary/aromatic N) is 2. The molecule has 0 amide bonds. The van der Waals surface area contributed by atoms with Crippen molar-refractivity contribution in [1.82, 2.24) is 0 Å². The molecule has 0 N–H and O–H groups in total. The van der Waals surface area contributed by atoms with E-state index in [0.29, 0.717) is 0 Å². The van der Waals surface area contributed by atoms with Crippen LogP contribution >= 0.6 is 0 Å². The fraction of sp³-hybridized carbons (Fsp3) is 0.0588. The lowest BCUT2D eigenvalue weighted by Gasteiger charge is -2.43. The summed E-state index contributed by atoms with van der Waals surface area (Å²) in [5.41, 5.74) is 11.8. The summed E-state index contributed by atoms with van der Waals surface area (Å²) in [7, 11) is 0. The largest absolute Gasteiger partial charge is 0.311 e. The lowest BCUT2D eigenvalue weighted by Crippen LogP contribution is -2.31. The van der Waals surface area contributed by atoms with E-state index in [1.807, 2.05) is 0 Å². The Bertz CT molecular complexity index is 2710. The fourth-order valence-electron chi connectivity index (χ4n) is 8.74. The molecule has 0 unspecified atom stereocenters. The lowest BCUT2D eigenvalue weighted by atomic mass is 9.70. The van der Waals surface area contributed by atoms with Gasteiger partial charge in [-0.3, -0.25) is 0 Å². The second kappa shape index (κ2) is 12.3. The van der Waals surface area contributed by atoms with Crippen LogP contribution in [0.15, 0.2) is 194 Å². The molecule has 0 radical (unpaired) electrons. The monoisotopic (exact) mass is 678 g/mol. The van der Waals surface area contributed by atoms with Crippen molar-refractivity contribution in [1.29, 1.82) is 0 Å². The number of para-hydroxylation sites is 3. The minimum Gasteiger partial charge on any atom is -0.311 e. The van der Waals surface area contributed by atoms with Crippen molar-refractivity contribution in [3.63, 3.8) is 0 Å². The maximum atomic E-state index is 2.48. The minimum atomic E-state index is -0.298. The molecule has 1 heterocycles. The zero-order valence-corrected chi connectivity index (χ0v) is 29.9. The molecule has 0 spiro atoms. The molecule has 2 heteroatoms. The maximum absolute atomic E-state index is 2.48. The molecular weight excluding hydrogens is 641 g/mol. The molecule has 0 atom stereocenters. The SMILES string of the molecule is CC1(C)c2cc(-c3ccc(N(c4ccccc4)c4ccccc4)cc3)ccc2N(c2ccccc2)c2ccc3c4ccccc4c4ccccc4c3c21. The summed E-state index contributed by atoms with van der Waals surface area (Å²) >= 11 is 0. The molecule has 0 saturated carbocycles. The van der Waals surface area contributed by atoms with E-state index < -0.39 is 0 Å². The van der Waals surface area contributed by atoms with Crippen LogP contribution in [0.1, 0.15) is 25.0 Å². The molecule has 1 aliphatic rings. The van der Waals surface area contributed by atoms with Crippen molar-refractivity contribution in [2.24, 2.45) is 0 Å². The third kappa shape index (κ3) is 4.94. The van der Waals surface area contributed by atoms with Crippen molar-refractivity contribution in [3.8, 4) is 11.1 Å². The molecule has 0 fully saturated rings. The van der Waals surface area contributed by atoms with Gasteiger partial charge in [0.05, 0.1) is 11.4 Å². The Kier molecular flexibility index (Phi) is 7.19. The molecule has 9 aromatic carbocycles. The summed E-state index contributed by atoms with van der Waals surface area (Å²) in [6.45, 7) is 4.84. The van der Waals surface area contributed by atoms with Crippen LogP contribution in [0.3, 0.4) is 0 Å². The van der Waals surface area contributed by atoms with Gasteiger partial charge in [0.15, 0.2) is 0 Å². The number of hydrogen-bond donors (Lipinski definition) is 0. The summed E-state index contributed by atoms with van der Waals surface area (Å²) in [5.74, 6) is 0. The van der Waals surface area contributed by atoms with Crippen LogP contribution in [0.2, 0.25) is 0 Å². The van der Waals surface area contributed by atoms with Crippen LogP contribution in [0.25, 0.3) is 43.4 Å². The van der Waals surface area contributed by atoms with E-state index in [4.69, 9.17) is 0 Å². The average molecular weight is 679 g/mol. The van der Waals surface area contributed by atoms with Gasteiger partial charge in [-0.05, 0) is 121 Å². The van der Waals surface area contributed by atoms with Crippen LogP contribution in [-0.4, -0.2) is 0 Å². The molecule has 53 heavy (non-hydrogen) atoms. The first-order valence-corrected chi connectivity index (χ1v) is 18.4. The van der Waals surface area contributed by atoms with Gasteiger partial charge < -0.3 is 9.80 Å². The summed E-state index contributed by atoms with van der Waals surface area (Å²) in [6, 6.07) is 70.7. The van der Waals surface area contributed by atoms with Crippen molar-refractivity contribution in [2.45, 2.75) is 19.3 Å². The first-order chi connectivity index (χ1) is 26.1. The Morgan fingerprint density at radius 3 is 1.45 bits per heavy atom. The van der Waals surface area contributed by atoms with E-state index in [2.05, 4.69) is 218 Å². The van der Waals surface area contributed by atoms with E-state index >= 15 is 0 Å². The van der Waals surface area contributed by atoms with E-state index in [1.165, 1.54) is 65.9 Å². The van der Waals surface area contributed by atoms with Gasteiger partial charge >= 0.3 is 0 Å². The van der Waals surface area contributed by atoms with Gasteiger partial charge in [0.2, 0.25) is 0 Å². The van der Waals surface area contributed by atoms with Crippen molar-refractivity contribution in [2.75, 3.05) is 9.80 Å². The molecule has 1 aliphatic heterocycles. The average Bonchev–Trinajstić information content (AvgIpc) is 3.22. The summed E-state index contributed by atoms with van der Waals surface area (Å²) in [5, 5.41) is 7.83. The minimum absolute atomic E-state index is 0.298. The standard InChI is InChI=1S/C51H38N2/c1-51(2)46-34-36(35-26-29-40(30-27-35)52(37-16-6-3-7-17-37)38-18-8-4-9-19-38)28-32-47(46)53(39-20-10-5-11-21-39)48-33-31-45-43-24-13-12-22-41(43)42-23-14-15-25-44(42)49(45)50(48)51/h3-34H,1-2H3. The van der Waals surface area contributed by atoms with Gasteiger partial charge in [-0.15, -0.1) is 0 Å². The van der Waals surface area contributed by atoms with Crippen LogP contribution in [0, 0.1) is 0 Å². The molecule has 252 valence electrons. The lowest BCUT2D eigenvalue weighted by molar-refractivity contribution is 0.639. The van der Waals surface area contributed by atoms with Crippen molar-refractivity contribution < 1.29 is 0 Å². The van der Waals surface area contributed by atoms with Crippen LogP contribution in [0.5, 0.6) is 0 Å². The van der Waals surface area contributed by atoms with Crippen molar-refractivity contribution in [3.05, 3.63) is 205 Å². The van der Waals surface area contributed by atoms with Gasteiger partial charge in [-0.2, -0.15) is 0 Å². The smallest absolute Gasteiger partial charge is 0.0509 e. The highest BCUT2D eigenvalue weighted by molar-refractivity contribution is 6.27.